The highest BCUT2D eigenvalue weighted by Crippen LogP contribution is 2.24. The van der Waals surface area contributed by atoms with Gasteiger partial charge in [0.1, 0.15) is 24.4 Å². The van der Waals surface area contributed by atoms with E-state index in [1.54, 1.807) is 0 Å². The van der Waals surface area contributed by atoms with E-state index in [1.807, 2.05) is 6.08 Å². The first-order valence-corrected chi connectivity index (χ1v) is 19.6. The molecule has 0 aliphatic carbocycles. The quantitative estimate of drug-likeness (QED) is 0.0375. The van der Waals surface area contributed by atoms with Crippen molar-refractivity contribution < 1.29 is 35.0 Å². The predicted molar refractivity (Wildman–Crippen MR) is 190 cm³/mol. The van der Waals surface area contributed by atoms with Crippen LogP contribution in [0.25, 0.3) is 0 Å². The largest absolute Gasteiger partial charge is 0.394 e. The summed E-state index contributed by atoms with van der Waals surface area (Å²) in [6.45, 7) is 6.57. The Hall–Kier alpha value is -0.540. The third-order valence-corrected chi connectivity index (χ3v) is 9.95. The molecule has 0 aromatic heterocycles. The number of rotatable bonds is 31. The maximum atomic E-state index is 10.8. The smallest absolute Gasteiger partial charge is 0.187 e. The molecule has 1 fully saturated rings. The van der Waals surface area contributed by atoms with Crippen LogP contribution in [0.5, 0.6) is 0 Å². The lowest BCUT2D eigenvalue weighted by Crippen LogP contribution is -2.59. The highest BCUT2D eigenvalue weighted by atomic mass is 16.7. The van der Waals surface area contributed by atoms with Crippen LogP contribution in [0, 0.1) is 5.92 Å². The minimum absolute atomic E-state index is 0.162. The maximum Gasteiger partial charge on any atom is 0.187 e. The highest BCUT2D eigenvalue weighted by molar-refractivity contribution is 5.06. The van der Waals surface area contributed by atoms with Gasteiger partial charge in [0, 0.05) is 0 Å². The standard InChI is InChI=1S/C39H76O7/c1-4-6-7-8-9-10-11-12-15-18-21-24-27-33(31-45-39-38(44)37(43)36(42)35(30-40)46-39)29-34(41)28-25-22-19-16-13-14-17-20-23-26-32(3)5-2/h29,32,34-44H,4-28,30-31H2,1-3H3/b33-29+/t32-,34-,35+,36+,37-,38+,39+/m0/s1. The first kappa shape index (κ1) is 43.5. The van der Waals surface area contributed by atoms with Gasteiger partial charge in [0.15, 0.2) is 6.29 Å². The van der Waals surface area contributed by atoms with E-state index in [2.05, 4.69) is 20.8 Å². The van der Waals surface area contributed by atoms with E-state index in [0.717, 1.165) is 50.0 Å². The highest BCUT2D eigenvalue weighted by Gasteiger charge is 2.44. The van der Waals surface area contributed by atoms with E-state index < -0.39 is 43.4 Å². The second-order valence-electron chi connectivity index (χ2n) is 14.3. The summed E-state index contributed by atoms with van der Waals surface area (Å²) in [5, 5.41) is 50.9. The lowest BCUT2D eigenvalue weighted by Gasteiger charge is -2.39. The van der Waals surface area contributed by atoms with Gasteiger partial charge in [-0.05, 0) is 30.8 Å². The van der Waals surface area contributed by atoms with Crippen LogP contribution in [0.15, 0.2) is 11.6 Å². The fraction of sp³-hybridized carbons (Fsp3) is 0.949. The second kappa shape index (κ2) is 29.4. The van der Waals surface area contributed by atoms with Gasteiger partial charge in [-0.2, -0.15) is 0 Å². The Kier molecular flexibility index (Phi) is 27.8. The summed E-state index contributed by atoms with van der Waals surface area (Å²) in [6.07, 6.45) is 25.8. The van der Waals surface area contributed by atoms with E-state index in [9.17, 15) is 25.5 Å². The van der Waals surface area contributed by atoms with Crippen molar-refractivity contribution in [2.24, 2.45) is 5.92 Å². The Balaban J connectivity index is 2.39. The molecule has 5 N–H and O–H groups in total. The topological polar surface area (TPSA) is 120 Å². The first-order chi connectivity index (χ1) is 22.3. The summed E-state index contributed by atoms with van der Waals surface area (Å²) in [4.78, 5) is 0. The molecule has 7 atom stereocenters. The normalized spacial score (nSPS) is 23.6. The van der Waals surface area contributed by atoms with Gasteiger partial charge in [-0.15, -0.1) is 0 Å². The molecule has 274 valence electrons. The lowest BCUT2D eigenvalue weighted by atomic mass is 9.99. The van der Waals surface area contributed by atoms with Gasteiger partial charge < -0.3 is 35.0 Å². The number of aliphatic hydroxyl groups excluding tert-OH is 5. The van der Waals surface area contributed by atoms with E-state index in [1.165, 1.54) is 122 Å². The number of aliphatic hydroxyl groups is 5. The Morgan fingerprint density at radius 1 is 0.652 bits per heavy atom. The van der Waals surface area contributed by atoms with E-state index in [4.69, 9.17) is 9.47 Å². The van der Waals surface area contributed by atoms with Crippen molar-refractivity contribution in [3.63, 3.8) is 0 Å². The van der Waals surface area contributed by atoms with Gasteiger partial charge in [-0.25, -0.2) is 0 Å². The molecule has 0 radical (unpaired) electrons. The average molecular weight is 657 g/mol. The molecule has 7 heteroatoms. The lowest BCUT2D eigenvalue weighted by molar-refractivity contribution is -0.299. The molecular weight excluding hydrogens is 580 g/mol. The van der Waals surface area contributed by atoms with Gasteiger partial charge in [0.05, 0.1) is 19.3 Å². The van der Waals surface area contributed by atoms with Crippen LogP contribution in [0.4, 0.5) is 0 Å². The molecule has 1 saturated heterocycles. The van der Waals surface area contributed by atoms with Gasteiger partial charge >= 0.3 is 0 Å². The number of hydrogen-bond donors (Lipinski definition) is 5. The maximum absolute atomic E-state index is 10.8. The molecule has 0 spiro atoms. The predicted octanol–water partition coefficient (Wildman–Crippen LogP) is 8.52. The fourth-order valence-corrected chi connectivity index (χ4v) is 6.43. The van der Waals surface area contributed by atoms with Crippen LogP contribution in [0.2, 0.25) is 0 Å². The summed E-state index contributed by atoms with van der Waals surface area (Å²) >= 11 is 0. The SMILES string of the molecule is CCCCCCCCCCCCCC/C(=C\[C@@H](O)CCCCCCCCCCC[C@@H](C)CC)CO[C@@H]1O[C@H](CO)[C@@H](O)[C@H](O)[C@H]1O. The molecule has 1 aliphatic heterocycles. The summed E-state index contributed by atoms with van der Waals surface area (Å²) in [6, 6.07) is 0. The van der Waals surface area contributed by atoms with Crippen molar-refractivity contribution in [1.29, 1.82) is 0 Å². The summed E-state index contributed by atoms with van der Waals surface area (Å²) in [5.74, 6) is 0.866. The molecule has 1 rings (SSSR count). The van der Waals surface area contributed by atoms with Crippen LogP contribution < -0.4 is 0 Å². The van der Waals surface area contributed by atoms with Crippen molar-refractivity contribution >= 4 is 0 Å². The van der Waals surface area contributed by atoms with E-state index in [0.29, 0.717) is 0 Å². The van der Waals surface area contributed by atoms with Crippen LogP contribution in [0.1, 0.15) is 181 Å². The van der Waals surface area contributed by atoms with Crippen LogP contribution >= 0.6 is 0 Å². The van der Waals surface area contributed by atoms with E-state index >= 15 is 0 Å². The number of hydrogen-bond acceptors (Lipinski definition) is 7. The van der Waals surface area contributed by atoms with Gasteiger partial charge in [0.25, 0.3) is 0 Å². The van der Waals surface area contributed by atoms with Crippen molar-refractivity contribution in [2.75, 3.05) is 13.2 Å². The third kappa shape index (κ3) is 21.4. The summed E-state index contributed by atoms with van der Waals surface area (Å²) in [7, 11) is 0. The number of ether oxygens (including phenoxy) is 2. The van der Waals surface area contributed by atoms with Gasteiger partial charge in [-0.3, -0.25) is 0 Å². The summed E-state index contributed by atoms with van der Waals surface area (Å²) < 4.78 is 11.4. The molecular formula is C39H76O7. The van der Waals surface area contributed by atoms with Crippen molar-refractivity contribution in [2.45, 2.75) is 218 Å². The fourth-order valence-electron chi connectivity index (χ4n) is 6.43. The summed E-state index contributed by atoms with van der Waals surface area (Å²) in [5.41, 5.74) is 0.963. The Bertz CT molecular complexity index is 700. The van der Waals surface area contributed by atoms with Crippen molar-refractivity contribution in [3.05, 3.63) is 11.6 Å². The Labute approximate surface area is 283 Å². The van der Waals surface area contributed by atoms with Gasteiger partial charge in [0.2, 0.25) is 0 Å². The molecule has 0 aromatic rings. The molecule has 0 saturated carbocycles. The van der Waals surface area contributed by atoms with Crippen LogP contribution in [-0.2, 0) is 9.47 Å². The number of unbranched alkanes of at least 4 members (excludes halogenated alkanes) is 19. The van der Waals surface area contributed by atoms with Gasteiger partial charge in [-0.1, -0.05) is 168 Å². The molecule has 1 heterocycles. The minimum Gasteiger partial charge on any atom is -0.394 e. The van der Waals surface area contributed by atoms with Crippen molar-refractivity contribution in [1.82, 2.24) is 0 Å². The molecule has 46 heavy (non-hydrogen) atoms. The van der Waals surface area contributed by atoms with E-state index in [-0.39, 0.29) is 6.61 Å². The Morgan fingerprint density at radius 2 is 1.13 bits per heavy atom. The first-order valence-electron chi connectivity index (χ1n) is 19.6. The van der Waals surface area contributed by atoms with Crippen molar-refractivity contribution in [3.8, 4) is 0 Å². The Morgan fingerprint density at radius 3 is 1.63 bits per heavy atom. The monoisotopic (exact) mass is 657 g/mol. The molecule has 7 nitrogen and oxygen atoms in total. The molecule has 0 bridgehead atoms. The third-order valence-electron chi connectivity index (χ3n) is 9.95. The zero-order chi connectivity index (χ0) is 33.8. The molecule has 0 amide bonds. The average Bonchev–Trinajstić information content (AvgIpc) is 3.05. The molecule has 0 aromatic carbocycles. The van der Waals surface area contributed by atoms with Crippen LogP contribution in [0.3, 0.4) is 0 Å². The zero-order valence-electron chi connectivity index (χ0n) is 30.3. The zero-order valence-corrected chi connectivity index (χ0v) is 30.3. The minimum atomic E-state index is -1.46. The second-order valence-corrected chi connectivity index (χ2v) is 14.3. The molecule has 0 unspecified atom stereocenters. The molecule has 1 aliphatic rings. The van der Waals surface area contributed by atoms with Crippen LogP contribution in [-0.4, -0.2) is 75.6 Å².